The van der Waals surface area contributed by atoms with E-state index in [2.05, 4.69) is 14.9 Å². The third kappa shape index (κ3) is 3.43. The first-order chi connectivity index (χ1) is 10.3. The molecule has 0 unspecified atom stereocenters. The van der Waals surface area contributed by atoms with Crippen molar-refractivity contribution in [3.63, 3.8) is 0 Å². The molecule has 0 atom stereocenters. The highest BCUT2D eigenvalue weighted by molar-refractivity contribution is 5.81. The van der Waals surface area contributed by atoms with Crippen LogP contribution in [0.1, 0.15) is 26.2 Å². The zero-order chi connectivity index (χ0) is 14.7. The summed E-state index contributed by atoms with van der Waals surface area (Å²) in [5.74, 6) is 2.04. The van der Waals surface area contributed by atoms with E-state index in [4.69, 9.17) is 4.74 Å². The summed E-state index contributed by atoms with van der Waals surface area (Å²) in [4.78, 5) is 25.0. The summed E-state index contributed by atoms with van der Waals surface area (Å²) in [5, 5.41) is 0. The maximum atomic E-state index is 12.2. The fourth-order valence-electron chi connectivity index (χ4n) is 2.66. The van der Waals surface area contributed by atoms with Crippen LogP contribution >= 0.6 is 0 Å². The topological polar surface area (TPSA) is 58.6 Å². The monoisotopic (exact) mass is 290 g/mol. The van der Waals surface area contributed by atoms with Crippen LogP contribution < -0.4 is 9.64 Å². The quantitative estimate of drug-likeness (QED) is 0.837. The fourth-order valence-corrected chi connectivity index (χ4v) is 2.66. The van der Waals surface area contributed by atoms with Gasteiger partial charge in [0.15, 0.2) is 5.82 Å². The predicted octanol–water partition coefficient (Wildman–Crippen LogP) is 1.32. The Morgan fingerprint density at radius 3 is 2.90 bits per heavy atom. The lowest BCUT2D eigenvalue weighted by Crippen LogP contribution is -2.36. The van der Waals surface area contributed by atoms with Crippen LogP contribution in [0.5, 0.6) is 5.88 Å². The number of hydrogen-bond donors (Lipinski definition) is 0. The van der Waals surface area contributed by atoms with Gasteiger partial charge >= 0.3 is 0 Å². The molecule has 0 N–H and O–H groups in total. The van der Waals surface area contributed by atoms with Crippen molar-refractivity contribution in [2.75, 3.05) is 37.7 Å². The number of anilines is 1. The maximum Gasteiger partial charge on any atom is 0.234 e. The molecule has 21 heavy (non-hydrogen) atoms. The fraction of sp³-hybridized carbons (Fsp3) is 0.667. The van der Waals surface area contributed by atoms with E-state index >= 15 is 0 Å². The van der Waals surface area contributed by atoms with E-state index in [1.165, 1.54) is 0 Å². The van der Waals surface area contributed by atoms with Gasteiger partial charge in [-0.25, -0.2) is 0 Å². The minimum absolute atomic E-state index is 0.303. The molecular weight excluding hydrogens is 268 g/mol. The van der Waals surface area contributed by atoms with Crippen molar-refractivity contribution in [3.05, 3.63) is 12.4 Å². The molecule has 2 aliphatic rings. The van der Waals surface area contributed by atoms with Crippen LogP contribution in [-0.2, 0) is 4.79 Å². The number of ether oxygens (including phenoxy) is 1. The van der Waals surface area contributed by atoms with Crippen molar-refractivity contribution in [1.82, 2.24) is 14.9 Å². The number of rotatable bonds is 4. The lowest BCUT2D eigenvalue weighted by Gasteiger charge is -2.22. The van der Waals surface area contributed by atoms with Crippen molar-refractivity contribution in [2.24, 2.45) is 5.92 Å². The molecule has 1 amide bonds. The average Bonchev–Trinajstić information content (AvgIpc) is 3.34. The van der Waals surface area contributed by atoms with Crippen LogP contribution in [0.15, 0.2) is 12.4 Å². The Bertz CT molecular complexity index is 504. The van der Waals surface area contributed by atoms with Gasteiger partial charge in [0.05, 0.1) is 19.0 Å². The maximum absolute atomic E-state index is 12.2. The third-order valence-electron chi connectivity index (χ3n) is 3.95. The first-order valence-corrected chi connectivity index (χ1v) is 7.76. The summed E-state index contributed by atoms with van der Waals surface area (Å²) in [6.07, 6.45) is 6.51. The number of carbonyl (C=O) groups excluding carboxylic acids is 1. The summed E-state index contributed by atoms with van der Waals surface area (Å²) >= 11 is 0. The zero-order valence-electron chi connectivity index (χ0n) is 12.5. The van der Waals surface area contributed by atoms with Crippen molar-refractivity contribution in [2.45, 2.75) is 26.2 Å². The Labute approximate surface area is 125 Å². The van der Waals surface area contributed by atoms with Crippen molar-refractivity contribution in [3.8, 4) is 5.88 Å². The molecular formula is C15H22N4O2. The molecule has 2 fully saturated rings. The van der Waals surface area contributed by atoms with E-state index in [0.29, 0.717) is 24.3 Å². The average molecular weight is 290 g/mol. The molecule has 1 saturated carbocycles. The Kier molecular flexibility index (Phi) is 4.22. The normalized spacial score (nSPS) is 19.3. The van der Waals surface area contributed by atoms with Gasteiger partial charge in [-0.05, 0) is 26.2 Å². The lowest BCUT2D eigenvalue weighted by atomic mass is 10.3. The summed E-state index contributed by atoms with van der Waals surface area (Å²) in [5.41, 5.74) is 0. The summed E-state index contributed by atoms with van der Waals surface area (Å²) < 4.78 is 5.40. The molecule has 1 aliphatic carbocycles. The van der Waals surface area contributed by atoms with Crippen molar-refractivity contribution >= 4 is 11.7 Å². The number of nitrogens with zero attached hydrogens (tertiary/aromatic N) is 4. The highest BCUT2D eigenvalue weighted by Gasteiger charge is 2.34. The van der Waals surface area contributed by atoms with E-state index in [9.17, 15) is 4.79 Å². The van der Waals surface area contributed by atoms with Crippen LogP contribution in [0.3, 0.4) is 0 Å². The van der Waals surface area contributed by atoms with Crippen LogP contribution in [0.25, 0.3) is 0 Å². The molecule has 1 aliphatic heterocycles. The standard InChI is InChI=1S/C15H22N4O2/c1-2-21-14-11-16-10-13(17-14)18-6-3-7-19(9-8-18)15(20)12-4-5-12/h10-12H,2-9H2,1H3. The Morgan fingerprint density at radius 1 is 1.29 bits per heavy atom. The summed E-state index contributed by atoms with van der Waals surface area (Å²) in [6.45, 7) is 5.85. The second-order valence-electron chi connectivity index (χ2n) is 5.59. The van der Waals surface area contributed by atoms with Gasteiger partial charge in [0.25, 0.3) is 0 Å². The minimum atomic E-state index is 0.303. The molecule has 1 saturated heterocycles. The summed E-state index contributed by atoms with van der Waals surface area (Å²) in [7, 11) is 0. The molecule has 1 aromatic heterocycles. The highest BCUT2D eigenvalue weighted by Crippen LogP contribution is 2.31. The molecule has 2 heterocycles. The zero-order valence-corrected chi connectivity index (χ0v) is 12.5. The molecule has 0 radical (unpaired) electrons. The highest BCUT2D eigenvalue weighted by atomic mass is 16.5. The molecule has 0 aromatic carbocycles. The van der Waals surface area contributed by atoms with Crippen molar-refractivity contribution in [1.29, 1.82) is 0 Å². The van der Waals surface area contributed by atoms with Gasteiger partial charge in [-0.3, -0.25) is 9.78 Å². The Hall–Kier alpha value is -1.85. The largest absolute Gasteiger partial charge is 0.477 e. The SMILES string of the molecule is CCOc1cncc(N2CCCN(C(=O)C3CC3)CC2)n1. The van der Waals surface area contributed by atoms with Gasteiger partial charge in [-0.2, -0.15) is 4.98 Å². The van der Waals surface area contributed by atoms with E-state index in [1.807, 2.05) is 11.8 Å². The Morgan fingerprint density at radius 2 is 2.14 bits per heavy atom. The number of hydrogen-bond acceptors (Lipinski definition) is 5. The van der Waals surface area contributed by atoms with Gasteiger partial charge < -0.3 is 14.5 Å². The third-order valence-corrected chi connectivity index (χ3v) is 3.95. The van der Waals surface area contributed by atoms with E-state index < -0.39 is 0 Å². The van der Waals surface area contributed by atoms with Gasteiger partial charge in [0.1, 0.15) is 0 Å². The molecule has 3 rings (SSSR count). The van der Waals surface area contributed by atoms with Gasteiger partial charge in [0, 0.05) is 32.1 Å². The summed E-state index contributed by atoms with van der Waals surface area (Å²) in [6, 6.07) is 0. The molecule has 0 bridgehead atoms. The minimum Gasteiger partial charge on any atom is -0.477 e. The smallest absolute Gasteiger partial charge is 0.234 e. The number of carbonyl (C=O) groups is 1. The molecule has 6 heteroatoms. The van der Waals surface area contributed by atoms with E-state index in [0.717, 1.165) is 51.3 Å². The first kappa shape index (κ1) is 14.1. The van der Waals surface area contributed by atoms with Crippen LogP contribution in [0.4, 0.5) is 5.82 Å². The second kappa shape index (κ2) is 6.28. The first-order valence-electron chi connectivity index (χ1n) is 7.76. The van der Waals surface area contributed by atoms with Crippen molar-refractivity contribution < 1.29 is 9.53 Å². The molecule has 114 valence electrons. The van der Waals surface area contributed by atoms with E-state index in [-0.39, 0.29) is 0 Å². The van der Waals surface area contributed by atoms with Gasteiger partial charge in [-0.1, -0.05) is 0 Å². The van der Waals surface area contributed by atoms with Crippen LogP contribution in [0.2, 0.25) is 0 Å². The van der Waals surface area contributed by atoms with E-state index in [1.54, 1.807) is 12.4 Å². The molecule has 6 nitrogen and oxygen atoms in total. The second-order valence-corrected chi connectivity index (χ2v) is 5.59. The predicted molar refractivity (Wildman–Crippen MR) is 79.3 cm³/mol. The molecule has 1 aromatic rings. The Balaban J connectivity index is 1.64. The molecule has 0 spiro atoms. The number of amides is 1. The lowest BCUT2D eigenvalue weighted by molar-refractivity contribution is -0.132. The van der Waals surface area contributed by atoms with Crippen LogP contribution in [0, 0.1) is 5.92 Å². The van der Waals surface area contributed by atoms with Gasteiger partial charge in [0.2, 0.25) is 11.8 Å². The van der Waals surface area contributed by atoms with Crippen LogP contribution in [-0.4, -0.2) is 53.6 Å². The number of aromatic nitrogens is 2. The van der Waals surface area contributed by atoms with Gasteiger partial charge in [-0.15, -0.1) is 0 Å².